The SMILES string of the molecule is CCCC1(O)CN(c2ncccc2C)C1. The van der Waals surface area contributed by atoms with Crippen LogP contribution in [0.15, 0.2) is 18.3 Å². The van der Waals surface area contributed by atoms with E-state index < -0.39 is 5.60 Å². The standard InChI is InChI=1S/C12H18N2O/c1-3-6-12(15)8-14(9-12)11-10(2)5-4-7-13-11/h4-5,7,15H,3,6,8-9H2,1-2H3. The molecule has 0 aromatic carbocycles. The second-order valence-electron chi connectivity index (χ2n) is 4.47. The van der Waals surface area contributed by atoms with Crippen LogP contribution in [-0.2, 0) is 0 Å². The van der Waals surface area contributed by atoms with Gasteiger partial charge in [0.25, 0.3) is 0 Å². The first kappa shape index (κ1) is 10.4. The van der Waals surface area contributed by atoms with Crippen LogP contribution in [0.5, 0.6) is 0 Å². The molecule has 1 aromatic heterocycles. The molecule has 1 saturated heterocycles. The highest BCUT2D eigenvalue weighted by Crippen LogP contribution is 2.30. The number of anilines is 1. The van der Waals surface area contributed by atoms with Gasteiger partial charge < -0.3 is 10.0 Å². The van der Waals surface area contributed by atoms with Gasteiger partial charge in [0.05, 0.1) is 5.60 Å². The third-order valence-corrected chi connectivity index (χ3v) is 2.97. The van der Waals surface area contributed by atoms with Crippen molar-refractivity contribution >= 4 is 5.82 Å². The molecule has 82 valence electrons. The number of hydrogen-bond donors (Lipinski definition) is 1. The van der Waals surface area contributed by atoms with Gasteiger partial charge in [-0.1, -0.05) is 19.4 Å². The zero-order chi connectivity index (χ0) is 10.9. The van der Waals surface area contributed by atoms with Crippen LogP contribution in [0.3, 0.4) is 0 Å². The van der Waals surface area contributed by atoms with Gasteiger partial charge in [-0.3, -0.25) is 0 Å². The smallest absolute Gasteiger partial charge is 0.131 e. The van der Waals surface area contributed by atoms with Crippen LogP contribution in [0, 0.1) is 6.92 Å². The maximum absolute atomic E-state index is 10.1. The molecule has 1 aliphatic heterocycles. The molecule has 15 heavy (non-hydrogen) atoms. The number of aliphatic hydroxyl groups is 1. The Morgan fingerprint density at radius 1 is 1.53 bits per heavy atom. The Morgan fingerprint density at radius 3 is 2.87 bits per heavy atom. The molecular formula is C12H18N2O. The lowest BCUT2D eigenvalue weighted by Gasteiger charge is -2.47. The maximum Gasteiger partial charge on any atom is 0.131 e. The van der Waals surface area contributed by atoms with Gasteiger partial charge in [0.2, 0.25) is 0 Å². The summed E-state index contributed by atoms with van der Waals surface area (Å²) in [6.07, 6.45) is 3.72. The van der Waals surface area contributed by atoms with Crippen molar-refractivity contribution in [2.45, 2.75) is 32.3 Å². The van der Waals surface area contributed by atoms with E-state index >= 15 is 0 Å². The van der Waals surface area contributed by atoms with Gasteiger partial charge in [-0.05, 0) is 25.0 Å². The molecule has 0 amide bonds. The van der Waals surface area contributed by atoms with Gasteiger partial charge in [0.1, 0.15) is 5.82 Å². The molecule has 1 aliphatic rings. The highest BCUT2D eigenvalue weighted by molar-refractivity contribution is 5.49. The van der Waals surface area contributed by atoms with E-state index in [-0.39, 0.29) is 0 Å². The van der Waals surface area contributed by atoms with Crippen LogP contribution in [0.4, 0.5) is 5.82 Å². The summed E-state index contributed by atoms with van der Waals surface area (Å²) in [6.45, 7) is 5.60. The summed E-state index contributed by atoms with van der Waals surface area (Å²) >= 11 is 0. The fourth-order valence-electron chi connectivity index (χ4n) is 2.25. The highest BCUT2D eigenvalue weighted by Gasteiger charge is 2.41. The highest BCUT2D eigenvalue weighted by atomic mass is 16.3. The Bertz CT molecular complexity index is 345. The second-order valence-corrected chi connectivity index (χ2v) is 4.47. The molecule has 3 nitrogen and oxygen atoms in total. The first-order valence-electron chi connectivity index (χ1n) is 5.53. The van der Waals surface area contributed by atoms with Crippen LogP contribution in [0.1, 0.15) is 25.3 Å². The van der Waals surface area contributed by atoms with Crippen LogP contribution in [0.25, 0.3) is 0 Å². The molecule has 1 aromatic rings. The Hall–Kier alpha value is -1.09. The molecule has 0 radical (unpaired) electrons. The molecule has 1 N–H and O–H groups in total. The third-order valence-electron chi connectivity index (χ3n) is 2.97. The van der Waals surface area contributed by atoms with Gasteiger partial charge >= 0.3 is 0 Å². The molecule has 0 spiro atoms. The quantitative estimate of drug-likeness (QED) is 0.818. The van der Waals surface area contributed by atoms with E-state index in [1.54, 1.807) is 6.20 Å². The largest absolute Gasteiger partial charge is 0.386 e. The number of hydrogen-bond acceptors (Lipinski definition) is 3. The zero-order valence-electron chi connectivity index (χ0n) is 9.40. The topological polar surface area (TPSA) is 36.4 Å². The zero-order valence-corrected chi connectivity index (χ0v) is 9.40. The lowest BCUT2D eigenvalue weighted by Crippen LogP contribution is -2.62. The van der Waals surface area contributed by atoms with Crippen molar-refractivity contribution in [2.75, 3.05) is 18.0 Å². The minimum Gasteiger partial charge on any atom is -0.386 e. The summed E-state index contributed by atoms with van der Waals surface area (Å²) in [5, 5.41) is 10.1. The molecule has 0 saturated carbocycles. The fraction of sp³-hybridized carbons (Fsp3) is 0.583. The molecule has 2 rings (SSSR count). The van der Waals surface area contributed by atoms with E-state index in [1.165, 1.54) is 5.56 Å². The molecule has 0 aliphatic carbocycles. The first-order valence-corrected chi connectivity index (χ1v) is 5.53. The van der Waals surface area contributed by atoms with E-state index in [0.717, 1.165) is 31.7 Å². The molecule has 0 unspecified atom stereocenters. The number of aryl methyl sites for hydroxylation is 1. The summed E-state index contributed by atoms with van der Waals surface area (Å²) in [5.41, 5.74) is 0.703. The Labute approximate surface area is 90.8 Å². The summed E-state index contributed by atoms with van der Waals surface area (Å²) in [4.78, 5) is 6.48. The molecular weight excluding hydrogens is 188 g/mol. The lowest BCUT2D eigenvalue weighted by atomic mass is 9.89. The molecule has 0 bridgehead atoms. The number of β-amino-alcohol motifs (C(OH)–C–C–N with tert-alkyl or cyclic N) is 1. The van der Waals surface area contributed by atoms with Gasteiger partial charge in [0, 0.05) is 19.3 Å². The molecule has 2 heterocycles. The minimum atomic E-state index is -0.474. The Morgan fingerprint density at radius 2 is 2.27 bits per heavy atom. The Kier molecular flexibility index (Phi) is 2.65. The van der Waals surface area contributed by atoms with Crippen LogP contribution in [-0.4, -0.2) is 28.8 Å². The summed E-state index contributed by atoms with van der Waals surface area (Å²) in [7, 11) is 0. The van der Waals surface area contributed by atoms with Gasteiger partial charge in [0.15, 0.2) is 0 Å². The van der Waals surface area contributed by atoms with E-state index in [0.29, 0.717) is 0 Å². The molecule has 3 heteroatoms. The van der Waals surface area contributed by atoms with E-state index in [1.807, 2.05) is 6.07 Å². The summed E-state index contributed by atoms with van der Waals surface area (Å²) < 4.78 is 0. The summed E-state index contributed by atoms with van der Waals surface area (Å²) in [6, 6.07) is 4.00. The molecule has 0 atom stereocenters. The van der Waals surface area contributed by atoms with E-state index in [4.69, 9.17) is 0 Å². The van der Waals surface area contributed by atoms with Crippen molar-refractivity contribution in [3.05, 3.63) is 23.9 Å². The van der Waals surface area contributed by atoms with Crippen LogP contribution >= 0.6 is 0 Å². The van der Waals surface area contributed by atoms with E-state index in [2.05, 4.69) is 29.8 Å². The normalized spacial score (nSPS) is 18.7. The van der Waals surface area contributed by atoms with Crippen molar-refractivity contribution < 1.29 is 5.11 Å². The van der Waals surface area contributed by atoms with Gasteiger partial charge in [-0.15, -0.1) is 0 Å². The predicted octanol–water partition coefficient (Wildman–Crippen LogP) is 1.74. The number of aromatic nitrogens is 1. The van der Waals surface area contributed by atoms with Crippen molar-refractivity contribution in [1.29, 1.82) is 0 Å². The summed E-state index contributed by atoms with van der Waals surface area (Å²) in [5.74, 6) is 1.01. The van der Waals surface area contributed by atoms with E-state index in [9.17, 15) is 5.11 Å². The average Bonchev–Trinajstić information content (AvgIpc) is 2.15. The predicted molar refractivity (Wildman–Crippen MR) is 61.0 cm³/mol. The maximum atomic E-state index is 10.1. The lowest BCUT2D eigenvalue weighted by molar-refractivity contribution is 0.00289. The molecule has 1 fully saturated rings. The first-order chi connectivity index (χ1) is 7.14. The minimum absolute atomic E-state index is 0.474. The van der Waals surface area contributed by atoms with Crippen LogP contribution in [0.2, 0.25) is 0 Å². The van der Waals surface area contributed by atoms with Gasteiger partial charge in [-0.2, -0.15) is 0 Å². The van der Waals surface area contributed by atoms with Crippen LogP contribution < -0.4 is 4.90 Å². The fourth-order valence-corrected chi connectivity index (χ4v) is 2.25. The number of nitrogens with zero attached hydrogens (tertiary/aromatic N) is 2. The van der Waals surface area contributed by atoms with Crippen molar-refractivity contribution in [2.24, 2.45) is 0 Å². The second kappa shape index (κ2) is 3.81. The van der Waals surface area contributed by atoms with Crippen molar-refractivity contribution in [3.63, 3.8) is 0 Å². The van der Waals surface area contributed by atoms with Crippen molar-refractivity contribution in [3.8, 4) is 0 Å². The Balaban J connectivity index is 2.03. The van der Waals surface area contributed by atoms with Gasteiger partial charge in [-0.25, -0.2) is 4.98 Å². The average molecular weight is 206 g/mol. The third kappa shape index (κ3) is 1.97. The monoisotopic (exact) mass is 206 g/mol. The van der Waals surface area contributed by atoms with Crippen molar-refractivity contribution in [1.82, 2.24) is 4.98 Å². The number of rotatable bonds is 3. The number of pyridine rings is 1.